The van der Waals surface area contributed by atoms with Gasteiger partial charge < -0.3 is 5.32 Å². The Labute approximate surface area is 177 Å². The molecule has 0 aliphatic rings. The molecule has 0 radical (unpaired) electrons. The van der Waals surface area contributed by atoms with Crippen LogP contribution in [0.5, 0.6) is 0 Å². The number of hydrogen-bond acceptors (Lipinski definition) is 6. The second kappa shape index (κ2) is 7.78. The van der Waals surface area contributed by atoms with Crippen LogP contribution < -0.4 is 5.32 Å². The molecule has 0 saturated carbocycles. The molecule has 5 heterocycles. The fourth-order valence-electron chi connectivity index (χ4n) is 3.40. The zero-order chi connectivity index (χ0) is 20.3. The van der Waals surface area contributed by atoms with Gasteiger partial charge in [0.05, 0.1) is 17.1 Å². The zero-order valence-corrected chi connectivity index (χ0v) is 16.6. The minimum atomic E-state index is -0.173. The molecule has 0 bridgehead atoms. The van der Waals surface area contributed by atoms with E-state index in [2.05, 4.69) is 26.2 Å². The maximum absolute atomic E-state index is 5.73. The maximum atomic E-state index is 5.73. The van der Waals surface area contributed by atoms with Crippen molar-refractivity contribution in [3.05, 3.63) is 95.8 Å². The Morgan fingerprint density at radius 3 is 2.37 bits per heavy atom. The average Bonchev–Trinajstić information content (AvgIpc) is 3.43. The quantitative estimate of drug-likeness (QED) is 0.436. The Morgan fingerprint density at radius 2 is 1.70 bits per heavy atom. The van der Waals surface area contributed by atoms with E-state index >= 15 is 0 Å². The molecule has 0 aliphatic heterocycles. The van der Waals surface area contributed by atoms with Crippen molar-refractivity contribution in [2.24, 2.45) is 0 Å². The van der Waals surface area contributed by atoms with Crippen molar-refractivity contribution in [2.45, 2.75) is 6.04 Å². The van der Waals surface area contributed by atoms with Crippen LogP contribution in [0.1, 0.15) is 22.7 Å². The van der Waals surface area contributed by atoms with Gasteiger partial charge in [-0.25, -0.2) is 4.98 Å². The number of anilines is 1. The first-order valence-electron chi connectivity index (χ1n) is 9.28. The number of hydrogen-bond donors (Lipinski definition) is 1. The first kappa shape index (κ1) is 18.0. The van der Waals surface area contributed by atoms with Crippen LogP contribution in [0.4, 0.5) is 5.82 Å². The van der Waals surface area contributed by atoms with Gasteiger partial charge in [0.2, 0.25) is 0 Å². The second-order valence-corrected chi connectivity index (χ2v) is 7.49. The summed E-state index contributed by atoms with van der Waals surface area (Å²) in [6.07, 6.45) is 18.3. The molecule has 5 rings (SSSR count). The Bertz CT molecular complexity index is 1300. The Balaban J connectivity index is 1.70. The third-order valence-corrected chi connectivity index (χ3v) is 5.70. The van der Waals surface area contributed by atoms with Crippen molar-refractivity contribution < 1.29 is 0 Å². The summed E-state index contributed by atoms with van der Waals surface area (Å²) in [7, 11) is 0. The number of nitrogens with zero attached hydrogens (tertiary/aromatic N) is 5. The number of pyridine rings is 2. The first-order chi connectivity index (χ1) is 14.8. The molecule has 5 aromatic heterocycles. The minimum Gasteiger partial charge on any atom is -0.358 e. The van der Waals surface area contributed by atoms with E-state index in [-0.39, 0.29) is 6.04 Å². The van der Waals surface area contributed by atoms with Crippen LogP contribution in [-0.4, -0.2) is 24.3 Å². The average molecular weight is 408 g/mol. The van der Waals surface area contributed by atoms with Crippen LogP contribution in [-0.2, 0) is 0 Å². The number of rotatable bonds is 5. The molecule has 0 saturated heterocycles. The van der Waals surface area contributed by atoms with Gasteiger partial charge >= 0.3 is 0 Å². The third kappa shape index (κ3) is 3.19. The van der Waals surface area contributed by atoms with Crippen molar-refractivity contribution in [2.75, 3.05) is 5.32 Å². The van der Waals surface area contributed by atoms with E-state index in [1.165, 1.54) is 0 Å². The molecule has 7 heteroatoms. The van der Waals surface area contributed by atoms with Gasteiger partial charge in [0.1, 0.15) is 11.5 Å². The fourth-order valence-corrected chi connectivity index (χ4v) is 4.25. The van der Waals surface area contributed by atoms with E-state index in [9.17, 15) is 0 Å². The minimum absolute atomic E-state index is 0.173. The second-order valence-electron chi connectivity index (χ2n) is 6.57. The lowest BCUT2D eigenvalue weighted by molar-refractivity contribution is 0.902. The van der Waals surface area contributed by atoms with Crippen LogP contribution >= 0.6 is 11.3 Å². The lowest BCUT2D eigenvalue weighted by Gasteiger charge is -2.21. The molecular formula is C23H16N6S. The van der Waals surface area contributed by atoms with Crippen molar-refractivity contribution in [1.29, 1.82) is 0 Å². The summed E-state index contributed by atoms with van der Waals surface area (Å²) >= 11 is 1.57. The van der Waals surface area contributed by atoms with Gasteiger partial charge in [-0.2, -0.15) is 0 Å². The Morgan fingerprint density at radius 1 is 0.967 bits per heavy atom. The summed E-state index contributed by atoms with van der Waals surface area (Å²) in [6, 6.07) is 9.70. The first-order valence-corrected chi connectivity index (χ1v) is 10.2. The summed E-state index contributed by atoms with van der Waals surface area (Å²) in [5, 5.41) is 5.66. The predicted molar refractivity (Wildman–Crippen MR) is 118 cm³/mol. The van der Waals surface area contributed by atoms with Gasteiger partial charge in [0, 0.05) is 42.7 Å². The lowest BCUT2D eigenvalue weighted by atomic mass is 10.0. The van der Waals surface area contributed by atoms with Gasteiger partial charge in [-0.3, -0.25) is 19.4 Å². The smallest absolute Gasteiger partial charge is 0.157 e. The van der Waals surface area contributed by atoms with Crippen molar-refractivity contribution in [3.63, 3.8) is 0 Å². The predicted octanol–water partition coefficient (Wildman–Crippen LogP) is 4.43. The molecule has 5 aromatic rings. The van der Waals surface area contributed by atoms with Crippen LogP contribution in [0, 0.1) is 12.3 Å². The summed E-state index contributed by atoms with van der Waals surface area (Å²) in [5.41, 5.74) is 4.39. The number of fused-ring (bicyclic) bond motifs is 1. The monoisotopic (exact) mass is 408 g/mol. The molecule has 0 aromatic carbocycles. The maximum Gasteiger partial charge on any atom is 0.157 e. The number of imidazole rings is 1. The molecule has 144 valence electrons. The Kier molecular flexibility index (Phi) is 4.68. The highest BCUT2D eigenvalue weighted by molar-refractivity contribution is 7.13. The van der Waals surface area contributed by atoms with E-state index in [1.54, 1.807) is 36.1 Å². The van der Waals surface area contributed by atoms with Crippen molar-refractivity contribution >= 4 is 22.8 Å². The van der Waals surface area contributed by atoms with Crippen molar-refractivity contribution in [3.8, 4) is 22.9 Å². The van der Waals surface area contributed by atoms with E-state index in [0.717, 1.165) is 38.7 Å². The van der Waals surface area contributed by atoms with Gasteiger partial charge in [-0.15, -0.1) is 17.8 Å². The highest BCUT2D eigenvalue weighted by Gasteiger charge is 2.22. The topological polar surface area (TPSA) is 68.0 Å². The van der Waals surface area contributed by atoms with Crippen molar-refractivity contribution in [1.82, 2.24) is 24.3 Å². The SMILES string of the molecule is C#Cc1ccsc1-c1nc2cnccn2c1NC(c1cccnc1)c1cccnc1. The Hall–Kier alpha value is -4.02. The van der Waals surface area contributed by atoms with Gasteiger partial charge in [-0.05, 0) is 34.7 Å². The summed E-state index contributed by atoms with van der Waals surface area (Å²) in [5.74, 6) is 3.60. The summed E-state index contributed by atoms with van der Waals surface area (Å²) in [4.78, 5) is 18.6. The molecule has 30 heavy (non-hydrogen) atoms. The molecule has 0 amide bonds. The van der Waals surface area contributed by atoms with Gasteiger partial charge in [0.25, 0.3) is 0 Å². The third-order valence-electron chi connectivity index (χ3n) is 4.78. The molecule has 0 fully saturated rings. The van der Waals surface area contributed by atoms with E-state index in [4.69, 9.17) is 11.4 Å². The molecule has 6 nitrogen and oxygen atoms in total. The fraction of sp³-hybridized carbons (Fsp3) is 0.0435. The van der Waals surface area contributed by atoms with Crippen LogP contribution in [0.3, 0.4) is 0 Å². The van der Waals surface area contributed by atoms with E-state index in [1.807, 2.05) is 58.7 Å². The molecule has 0 spiro atoms. The van der Waals surface area contributed by atoms with Gasteiger partial charge in [0.15, 0.2) is 5.65 Å². The van der Waals surface area contributed by atoms with Gasteiger partial charge in [-0.1, -0.05) is 18.1 Å². The van der Waals surface area contributed by atoms with E-state index < -0.39 is 0 Å². The van der Waals surface area contributed by atoms with E-state index in [0.29, 0.717) is 0 Å². The normalized spacial score (nSPS) is 10.9. The zero-order valence-electron chi connectivity index (χ0n) is 15.8. The van der Waals surface area contributed by atoms with Crippen LogP contribution in [0.25, 0.3) is 16.2 Å². The molecule has 1 N–H and O–H groups in total. The molecule has 0 unspecified atom stereocenters. The molecular weight excluding hydrogens is 392 g/mol. The standard InChI is InChI=1S/C23H16N6S/c1-2-16-7-12-30-22(16)21-23(29-11-10-26-15-19(29)27-21)28-20(17-5-3-8-24-13-17)18-6-4-9-25-14-18/h1,3-15,20,28H. The van der Waals surface area contributed by atoms with Crippen LogP contribution in [0.2, 0.25) is 0 Å². The summed E-state index contributed by atoms with van der Waals surface area (Å²) in [6.45, 7) is 0. The number of aromatic nitrogens is 5. The lowest BCUT2D eigenvalue weighted by Crippen LogP contribution is -2.14. The number of nitrogens with one attached hydrogen (secondary N) is 1. The highest BCUT2D eigenvalue weighted by atomic mass is 32.1. The molecule has 0 aliphatic carbocycles. The van der Waals surface area contributed by atoms with Crippen LogP contribution in [0.15, 0.2) is 79.1 Å². The highest BCUT2D eigenvalue weighted by Crippen LogP contribution is 2.37. The summed E-state index contributed by atoms with van der Waals surface area (Å²) < 4.78 is 1.99. The molecule has 0 atom stereocenters. The number of terminal acetylenes is 1. The number of thiophene rings is 1. The largest absolute Gasteiger partial charge is 0.358 e.